The van der Waals surface area contributed by atoms with Gasteiger partial charge in [0, 0.05) is 16.5 Å². The molecule has 0 aliphatic carbocycles. The Kier molecular flexibility index (Phi) is 6.24. The highest BCUT2D eigenvalue weighted by Crippen LogP contribution is 2.34. The van der Waals surface area contributed by atoms with Gasteiger partial charge in [0.2, 0.25) is 0 Å². The van der Waals surface area contributed by atoms with Crippen LogP contribution >= 0.6 is 22.7 Å². The van der Waals surface area contributed by atoms with Crippen molar-refractivity contribution in [3.05, 3.63) is 76.5 Å². The van der Waals surface area contributed by atoms with Gasteiger partial charge in [0.05, 0.1) is 23.4 Å². The summed E-state index contributed by atoms with van der Waals surface area (Å²) in [5, 5.41) is 8.16. The molecule has 32 heavy (non-hydrogen) atoms. The monoisotopic (exact) mass is 468 g/mol. The standard InChI is InChI=1S/C22H17FN4O3S2/c1-12-18(32-22(24-12)27-20(29)14-5-9-16(30-2)10-6-14)17-11-31-21(25-17)26-19(28)13-3-7-15(23)8-4-13/h3-11H,1-2H3,(H,24,27,29)(H,25,26,28). The summed E-state index contributed by atoms with van der Waals surface area (Å²) in [5.41, 5.74) is 2.17. The topological polar surface area (TPSA) is 93.2 Å². The molecule has 4 rings (SSSR count). The van der Waals surface area contributed by atoms with Gasteiger partial charge in [-0.05, 0) is 55.5 Å². The van der Waals surface area contributed by atoms with Gasteiger partial charge in [-0.3, -0.25) is 20.2 Å². The van der Waals surface area contributed by atoms with Crippen molar-refractivity contribution in [2.75, 3.05) is 17.7 Å². The molecule has 0 saturated heterocycles. The van der Waals surface area contributed by atoms with Crippen LogP contribution in [0.2, 0.25) is 0 Å². The maximum Gasteiger partial charge on any atom is 0.257 e. The van der Waals surface area contributed by atoms with E-state index in [2.05, 4.69) is 20.6 Å². The van der Waals surface area contributed by atoms with E-state index < -0.39 is 5.82 Å². The minimum atomic E-state index is -0.409. The number of carbonyl (C=O) groups excluding carboxylic acids is 2. The molecule has 0 atom stereocenters. The molecule has 0 aliphatic heterocycles. The minimum absolute atomic E-state index is 0.279. The van der Waals surface area contributed by atoms with Crippen molar-refractivity contribution in [2.45, 2.75) is 6.92 Å². The Balaban J connectivity index is 1.45. The van der Waals surface area contributed by atoms with Gasteiger partial charge < -0.3 is 4.74 Å². The predicted molar refractivity (Wildman–Crippen MR) is 123 cm³/mol. The number of nitrogens with zero attached hydrogens (tertiary/aromatic N) is 2. The van der Waals surface area contributed by atoms with Gasteiger partial charge in [-0.15, -0.1) is 11.3 Å². The zero-order chi connectivity index (χ0) is 22.7. The van der Waals surface area contributed by atoms with E-state index in [1.54, 1.807) is 36.8 Å². The van der Waals surface area contributed by atoms with E-state index in [1.807, 2.05) is 6.92 Å². The Bertz CT molecular complexity index is 1270. The van der Waals surface area contributed by atoms with Crippen molar-refractivity contribution in [1.29, 1.82) is 0 Å². The molecule has 0 unspecified atom stereocenters. The van der Waals surface area contributed by atoms with Crippen LogP contribution in [0, 0.1) is 12.7 Å². The van der Waals surface area contributed by atoms with Gasteiger partial charge in [0.1, 0.15) is 11.6 Å². The van der Waals surface area contributed by atoms with Crippen LogP contribution in [0.3, 0.4) is 0 Å². The summed E-state index contributed by atoms with van der Waals surface area (Å²) in [6.07, 6.45) is 0. The van der Waals surface area contributed by atoms with Crippen LogP contribution in [0.4, 0.5) is 14.7 Å². The third-order valence-corrected chi connectivity index (χ3v) is 6.29. The summed E-state index contributed by atoms with van der Waals surface area (Å²) in [5.74, 6) is -0.397. The lowest BCUT2D eigenvalue weighted by molar-refractivity contribution is 0.101. The molecule has 2 aromatic carbocycles. The van der Waals surface area contributed by atoms with Crippen molar-refractivity contribution in [3.63, 3.8) is 0 Å². The number of amides is 2. The maximum atomic E-state index is 13.0. The Morgan fingerprint density at radius 3 is 2.12 bits per heavy atom. The summed E-state index contributed by atoms with van der Waals surface area (Å²) in [7, 11) is 1.56. The van der Waals surface area contributed by atoms with E-state index in [-0.39, 0.29) is 11.8 Å². The molecule has 2 heterocycles. The Labute approximate surface area is 190 Å². The fourth-order valence-corrected chi connectivity index (χ4v) is 4.50. The first-order valence-corrected chi connectivity index (χ1v) is 11.1. The van der Waals surface area contributed by atoms with Crippen LogP contribution in [0.1, 0.15) is 26.4 Å². The van der Waals surface area contributed by atoms with Gasteiger partial charge in [-0.2, -0.15) is 0 Å². The number of hydrogen-bond acceptors (Lipinski definition) is 7. The number of ether oxygens (including phenoxy) is 1. The summed E-state index contributed by atoms with van der Waals surface area (Å²) in [6.45, 7) is 1.82. The first-order valence-electron chi connectivity index (χ1n) is 9.38. The molecule has 2 aromatic heterocycles. The number of methoxy groups -OCH3 is 1. The van der Waals surface area contributed by atoms with E-state index in [4.69, 9.17) is 4.74 Å². The summed E-state index contributed by atoms with van der Waals surface area (Å²) < 4.78 is 18.1. The molecule has 0 radical (unpaired) electrons. The molecule has 0 fully saturated rings. The zero-order valence-electron chi connectivity index (χ0n) is 17.0. The number of anilines is 2. The fraction of sp³-hybridized carbons (Fsp3) is 0.0909. The molecule has 0 aliphatic rings. The fourth-order valence-electron chi connectivity index (χ4n) is 2.81. The van der Waals surface area contributed by atoms with E-state index in [9.17, 15) is 14.0 Å². The van der Waals surface area contributed by atoms with Crippen LogP contribution in [0.25, 0.3) is 10.6 Å². The lowest BCUT2D eigenvalue weighted by Gasteiger charge is -2.03. The van der Waals surface area contributed by atoms with Crippen LogP contribution in [0.5, 0.6) is 5.75 Å². The number of hydrogen-bond donors (Lipinski definition) is 2. The molecular weight excluding hydrogens is 451 g/mol. The van der Waals surface area contributed by atoms with Crippen molar-refractivity contribution < 1.29 is 18.7 Å². The molecule has 162 valence electrons. The molecule has 0 bridgehead atoms. The number of halogens is 1. The molecule has 2 amide bonds. The van der Waals surface area contributed by atoms with Crippen molar-refractivity contribution >= 4 is 44.8 Å². The highest BCUT2D eigenvalue weighted by atomic mass is 32.1. The Morgan fingerprint density at radius 1 is 0.906 bits per heavy atom. The van der Waals surface area contributed by atoms with E-state index >= 15 is 0 Å². The second-order valence-corrected chi connectivity index (χ2v) is 8.47. The number of thiazole rings is 2. The maximum absolute atomic E-state index is 13.0. The van der Waals surface area contributed by atoms with Crippen molar-refractivity contribution in [1.82, 2.24) is 9.97 Å². The quantitative estimate of drug-likeness (QED) is 0.404. The van der Waals surface area contributed by atoms with Gasteiger partial charge >= 0.3 is 0 Å². The van der Waals surface area contributed by atoms with Crippen molar-refractivity contribution in [2.24, 2.45) is 0 Å². The zero-order valence-corrected chi connectivity index (χ0v) is 18.6. The highest BCUT2D eigenvalue weighted by molar-refractivity contribution is 7.20. The Hall–Kier alpha value is -3.63. The van der Waals surface area contributed by atoms with Crippen LogP contribution in [-0.2, 0) is 0 Å². The number of nitrogens with one attached hydrogen (secondary N) is 2. The summed E-state index contributed by atoms with van der Waals surface area (Å²) in [6, 6.07) is 12.0. The molecule has 10 heteroatoms. The number of rotatable bonds is 6. The SMILES string of the molecule is COc1ccc(C(=O)Nc2nc(C)c(-c3csc(NC(=O)c4ccc(F)cc4)n3)s2)cc1. The summed E-state index contributed by atoms with van der Waals surface area (Å²) >= 11 is 2.56. The lowest BCUT2D eigenvalue weighted by atomic mass is 10.2. The number of benzene rings is 2. The average Bonchev–Trinajstić information content (AvgIpc) is 3.40. The smallest absolute Gasteiger partial charge is 0.257 e. The van der Waals surface area contributed by atoms with Crippen LogP contribution in [-0.4, -0.2) is 28.9 Å². The first-order chi connectivity index (χ1) is 15.4. The second kappa shape index (κ2) is 9.25. The number of aromatic nitrogens is 2. The van der Waals surface area contributed by atoms with Gasteiger partial charge in [-0.1, -0.05) is 11.3 Å². The largest absolute Gasteiger partial charge is 0.497 e. The minimum Gasteiger partial charge on any atom is -0.497 e. The van der Waals surface area contributed by atoms with Crippen LogP contribution < -0.4 is 15.4 Å². The summed E-state index contributed by atoms with van der Waals surface area (Å²) in [4.78, 5) is 34.4. The van der Waals surface area contributed by atoms with Gasteiger partial charge in [0.15, 0.2) is 10.3 Å². The number of carbonyl (C=O) groups is 2. The molecular formula is C22H17FN4O3S2. The molecule has 4 aromatic rings. The predicted octanol–water partition coefficient (Wildman–Crippen LogP) is 5.23. The number of aryl methyl sites for hydroxylation is 1. The second-order valence-electron chi connectivity index (χ2n) is 6.62. The Morgan fingerprint density at radius 2 is 1.50 bits per heavy atom. The molecule has 0 spiro atoms. The lowest BCUT2D eigenvalue weighted by Crippen LogP contribution is -2.11. The molecule has 7 nitrogen and oxygen atoms in total. The van der Waals surface area contributed by atoms with Crippen LogP contribution in [0.15, 0.2) is 53.9 Å². The van der Waals surface area contributed by atoms with Gasteiger partial charge in [-0.25, -0.2) is 14.4 Å². The normalized spacial score (nSPS) is 10.6. The van der Waals surface area contributed by atoms with E-state index in [0.717, 1.165) is 4.88 Å². The van der Waals surface area contributed by atoms with E-state index in [1.165, 1.54) is 46.9 Å². The first kappa shape index (κ1) is 21.6. The molecule has 2 N–H and O–H groups in total. The highest BCUT2D eigenvalue weighted by Gasteiger charge is 2.16. The third-order valence-electron chi connectivity index (χ3n) is 4.43. The van der Waals surface area contributed by atoms with Gasteiger partial charge in [0.25, 0.3) is 11.8 Å². The molecule has 0 saturated carbocycles. The van der Waals surface area contributed by atoms with Crippen molar-refractivity contribution in [3.8, 4) is 16.3 Å². The third kappa shape index (κ3) is 4.82. The van der Waals surface area contributed by atoms with E-state index in [0.29, 0.717) is 38.5 Å². The average molecular weight is 469 g/mol.